The van der Waals surface area contributed by atoms with E-state index in [4.69, 9.17) is 16.3 Å². The molecule has 2 nitrogen and oxygen atoms in total. The number of ether oxygens (including phenoxy) is 1. The summed E-state index contributed by atoms with van der Waals surface area (Å²) < 4.78 is 4.81. The van der Waals surface area contributed by atoms with E-state index in [9.17, 15) is 4.79 Å². The van der Waals surface area contributed by atoms with Crippen LogP contribution >= 0.6 is 23.4 Å². The van der Waals surface area contributed by atoms with E-state index < -0.39 is 0 Å². The Morgan fingerprint density at radius 2 is 2.60 bits per heavy atom. The third-order valence-electron chi connectivity index (χ3n) is 1.02. The maximum absolute atomic E-state index is 10.5. The molecular weight excluding hydrogens is 172 g/mol. The summed E-state index contributed by atoms with van der Waals surface area (Å²) in [5.41, 5.74) is -0.251. The van der Waals surface area contributed by atoms with E-state index in [1.165, 1.54) is 17.8 Å². The molecule has 0 N–H and O–H groups in total. The van der Waals surface area contributed by atoms with Crippen molar-refractivity contribution in [2.24, 2.45) is 0 Å². The van der Waals surface area contributed by atoms with Crippen molar-refractivity contribution < 1.29 is 9.53 Å². The topological polar surface area (TPSA) is 26.3 Å². The van der Waals surface area contributed by atoms with Crippen molar-refractivity contribution in [1.82, 2.24) is 0 Å². The number of carbonyl (C=O) groups excluding carboxylic acids is 1. The number of halogens is 1. The Kier molecular flexibility index (Phi) is 2.63. The normalized spacial score (nSPS) is 24.4. The van der Waals surface area contributed by atoms with Gasteiger partial charge in [-0.15, -0.1) is 11.8 Å². The van der Waals surface area contributed by atoms with Crippen molar-refractivity contribution in [3.8, 4) is 0 Å². The van der Waals surface area contributed by atoms with Crippen molar-refractivity contribution in [1.29, 1.82) is 0 Å². The lowest BCUT2D eigenvalue weighted by Crippen LogP contribution is -2.04. The summed E-state index contributed by atoms with van der Waals surface area (Å²) in [6.45, 7) is 1.99. The molecule has 1 aliphatic rings. The van der Waals surface area contributed by atoms with Gasteiger partial charge in [0.1, 0.15) is 0 Å². The highest BCUT2D eigenvalue weighted by atomic mass is 35.5. The van der Waals surface area contributed by atoms with Gasteiger partial charge in [-0.1, -0.05) is 18.5 Å². The summed E-state index contributed by atoms with van der Waals surface area (Å²) in [7, 11) is 0. The number of hydrogen-bond acceptors (Lipinski definition) is 3. The maximum atomic E-state index is 10.5. The first-order chi connectivity index (χ1) is 4.74. The first kappa shape index (κ1) is 7.95. The second-order valence-corrected chi connectivity index (χ2v) is 3.53. The van der Waals surface area contributed by atoms with E-state index >= 15 is 0 Å². The zero-order valence-corrected chi connectivity index (χ0v) is 7.04. The Hall–Kier alpha value is -0.150. The first-order valence-corrected chi connectivity index (χ1v) is 4.36. The molecule has 0 aromatic rings. The Bertz CT molecular complexity index is 179. The van der Waals surface area contributed by atoms with Crippen LogP contribution in [-0.2, 0) is 9.53 Å². The smallest absolute Gasteiger partial charge is 0.333 e. The standard InChI is InChI=1S/C6H7ClO2S/c1-2-10-6-4(7)3-5(8)9-6/h3,6H,2H2,1H3. The zero-order valence-electron chi connectivity index (χ0n) is 5.46. The van der Waals surface area contributed by atoms with Crippen LogP contribution in [-0.4, -0.2) is 17.2 Å². The molecule has 0 aliphatic carbocycles. The molecule has 0 spiro atoms. The SMILES string of the molecule is CCSC1OC(=O)C=C1Cl. The summed E-state index contributed by atoms with van der Waals surface area (Å²) in [5, 5.41) is 0.497. The highest BCUT2D eigenvalue weighted by Gasteiger charge is 2.23. The van der Waals surface area contributed by atoms with Crippen molar-refractivity contribution in [3.05, 3.63) is 11.1 Å². The van der Waals surface area contributed by atoms with Crippen molar-refractivity contribution in [2.45, 2.75) is 12.4 Å². The minimum atomic E-state index is -0.337. The molecule has 0 saturated heterocycles. The average Bonchev–Trinajstić information content (AvgIpc) is 2.13. The molecule has 56 valence electrons. The van der Waals surface area contributed by atoms with E-state index in [-0.39, 0.29) is 11.4 Å². The highest BCUT2D eigenvalue weighted by Crippen LogP contribution is 2.28. The highest BCUT2D eigenvalue weighted by molar-refractivity contribution is 8.00. The molecule has 1 aliphatic heterocycles. The van der Waals surface area contributed by atoms with Crippen LogP contribution in [0, 0.1) is 0 Å². The molecular formula is C6H7ClO2S. The van der Waals surface area contributed by atoms with Gasteiger partial charge in [-0.25, -0.2) is 4.79 Å². The predicted molar refractivity (Wildman–Crippen MR) is 41.9 cm³/mol. The lowest BCUT2D eigenvalue weighted by atomic mass is 10.6. The molecule has 0 aromatic heterocycles. The van der Waals surface area contributed by atoms with Crippen LogP contribution in [0.1, 0.15) is 6.92 Å². The van der Waals surface area contributed by atoms with Crippen LogP contribution in [0.2, 0.25) is 0 Å². The van der Waals surface area contributed by atoms with E-state index in [0.29, 0.717) is 5.03 Å². The van der Waals surface area contributed by atoms with E-state index in [0.717, 1.165) is 5.75 Å². The minimum Gasteiger partial charge on any atom is -0.442 e. The van der Waals surface area contributed by atoms with Crippen LogP contribution < -0.4 is 0 Å². The maximum Gasteiger partial charge on any atom is 0.333 e. The van der Waals surface area contributed by atoms with Gasteiger partial charge in [0.15, 0.2) is 5.44 Å². The number of carbonyl (C=O) groups is 1. The van der Waals surface area contributed by atoms with Crippen molar-refractivity contribution in [3.63, 3.8) is 0 Å². The lowest BCUT2D eigenvalue weighted by molar-refractivity contribution is -0.135. The summed E-state index contributed by atoms with van der Waals surface area (Å²) in [6, 6.07) is 0. The molecule has 0 saturated carbocycles. The molecule has 1 atom stereocenters. The molecule has 0 radical (unpaired) electrons. The van der Waals surface area contributed by atoms with Gasteiger partial charge >= 0.3 is 5.97 Å². The van der Waals surface area contributed by atoms with Crippen LogP contribution in [0.25, 0.3) is 0 Å². The van der Waals surface area contributed by atoms with Crippen LogP contribution in [0.5, 0.6) is 0 Å². The molecule has 0 aromatic carbocycles. The largest absolute Gasteiger partial charge is 0.442 e. The van der Waals surface area contributed by atoms with Gasteiger partial charge in [0.2, 0.25) is 0 Å². The van der Waals surface area contributed by atoms with Gasteiger partial charge in [-0.2, -0.15) is 0 Å². The lowest BCUT2D eigenvalue weighted by Gasteiger charge is -2.06. The fraction of sp³-hybridized carbons (Fsp3) is 0.500. The Labute approximate surface area is 68.6 Å². The Morgan fingerprint density at radius 1 is 1.90 bits per heavy atom. The van der Waals surface area contributed by atoms with E-state index in [1.807, 2.05) is 6.92 Å². The third kappa shape index (κ3) is 1.67. The van der Waals surface area contributed by atoms with Gasteiger partial charge in [0.05, 0.1) is 5.03 Å². The minimum absolute atomic E-state index is 0.251. The molecule has 1 heterocycles. The number of thioether (sulfide) groups is 1. The molecule has 4 heteroatoms. The van der Waals surface area contributed by atoms with Gasteiger partial charge in [-0.05, 0) is 5.75 Å². The Morgan fingerprint density at radius 3 is 3.00 bits per heavy atom. The molecule has 0 bridgehead atoms. The first-order valence-electron chi connectivity index (χ1n) is 2.93. The Balaban J connectivity index is 2.51. The summed E-state index contributed by atoms with van der Waals surface area (Å²) in [6.07, 6.45) is 1.31. The van der Waals surface area contributed by atoms with Crippen LogP contribution in [0.15, 0.2) is 11.1 Å². The summed E-state index contributed by atoms with van der Waals surface area (Å²) in [4.78, 5) is 10.5. The van der Waals surface area contributed by atoms with E-state index in [1.54, 1.807) is 0 Å². The van der Waals surface area contributed by atoms with Gasteiger partial charge in [-0.3, -0.25) is 0 Å². The van der Waals surface area contributed by atoms with Gasteiger partial charge in [0.25, 0.3) is 0 Å². The van der Waals surface area contributed by atoms with E-state index in [2.05, 4.69) is 0 Å². The molecule has 0 fully saturated rings. The van der Waals surface area contributed by atoms with Gasteiger partial charge in [0, 0.05) is 6.08 Å². The molecule has 10 heavy (non-hydrogen) atoms. The predicted octanol–water partition coefficient (Wildman–Crippen LogP) is 1.75. The average molecular weight is 179 g/mol. The van der Waals surface area contributed by atoms with Crippen LogP contribution in [0.3, 0.4) is 0 Å². The zero-order chi connectivity index (χ0) is 7.56. The molecule has 1 unspecified atom stereocenters. The number of cyclic esters (lactones) is 1. The fourth-order valence-corrected chi connectivity index (χ4v) is 1.66. The van der Waals surface area contributed by atoms with Crippen LogP contribution in [0.4, 0.5) is 0 Å². The van der Waals surface area contributed by atoms with Gasteiger partial charge < -0.3 is 4.74 Å². The second-order valence-electron chi connectivity index (χ2n) is 1.75. The van der Waals surface area contributed by atoms with Crippen molar-refractivity contribution in [2.75, 3.05) is 5.75 Å². The summed E-state index contributed by atoms with van der Waals surface area (Å²) >= 11 is 7.15. The second kappa shape index (κ2) is 3.30. The number of esters is 1. The monoisotopic (exact) mass is 178 g/mol. The molecule has 1 rings (SSSR count). The number of hydrogen-bond donors (Lipinski definition) is 0. The van der Waals surface area contributed by atoms with Crippen molar-refractivity contribution >= 4 is 29.3 Å². The third-order valence-corrected chi connectivity index (χ3v) is 2.45. The summed E-state index contributed by atoms with van der Waals surface area (Å²) in [5.74, 6) is 0.554. The number of rotatable bonds is 2. The quantitative estimate of drug-likeness (QED) is 0.603. The molecule has 0 amide bonds. The fourth-order valence-electron chi connectivity index (χ4n) is 0.641.